The Morgan fingerprint density at radius 3 is 2.61 bits per heavy atom. The van der Waals surface area contributed by atoms with Crippen LogP contribution in [-0.2, 0) is 19.1 Å². The second-order valence-corrected chi connectivity index (χ2v) is 12.3. The van der Waals surface area contributed by atoms with Gasteiger partial charge in [-0.05, 0) is 69.6 Å². The number of carbonyl (C=O) groups excluding carboxylic acids is 2. The monoisotopic (exact) mass is 452 g/mol. The number of ketones is 1. The maximum absolute atomic E-state index is 13.1. The van der Waals surface area contributed by atoms with Crippen LogP contribution in [0.2, 0.25) is 0 Å². The normalized spacial score (nSPS) is 52.4. The summed E-state index contributed by atoms with van der Waals surface area (Å²) in [7, 11) is 0. The summed E-state index contributed by atoms with van der Waals surface area (Å²) in [5.74, 6) is 0.259. The Hall–Kier alpha value is -1.87. The molecule has 6 heteroatoms. The molecule has 0 aromatic rings. The van der Waals surface area contributed by atoms with E-state index in [-0.39, 0.29) is 45.9 Å². The molecule has 1 heterocycles. The molecule has 6 rings (SSSR count). The summed E-state index contributed by atoms with van der Waals surface area (Å²) in [6.07, 6.45) is 7.78. The van der Waals surface area contributed by atoms with Gasteiger partial charge in [0.1, 0.15) is 5.60 Å². The first kappa shape index (κ1) is 21.6. The molecular formula is C27H36N2O4. The number of nitriles is 1. The predicted octanol–water partition coefficient (Wildman–Crippen LogP) is 4.18. The summed E-state index contributed by atoms with van der Waals surface area (Å²) < 4.78 is 12.7. The highest BCUT2D eigenvalue weighted by atomic mass is 16.6. The van der Waals surface area contributed by atoms with E-state index in [1.807, 2.05) is 0 Å². The van der Waals surface area contributed by atoms with E-state index in [0.717, 1.165) is 44.9 Å². The van der Waals surface area contributed by atoms with Gasteiger partial charge in [0.2, 0.25) is 0 Å². The van der Waals surface area contributed by atoms with Crippen LogP contribution >= 0.6 is 0 Å². The lowest BCUT2D eigenvalue weighted by molar-refractivity contribution is -0.222. The van der Waals surface area contributed by atoms with E-state index in [2.05, 4.69) is 26.8 Å². The second kappa shape index (κ2) is 6.42. The Bertz CT molecular complexity index is 1030. The summed E-state index contributed by atoms with van der Waals surface area (Å²) in [6.45, 7) is 7.27. The molecular weight excluding hydrogens is 416 g/mol. The van der Waals surface area contributed by atoms with Crippen LogP contribution in [0.1, 0.15) is 85.0 Å². The fourth-order valence-corrected chi connectivity index (χ4v) is 10.2. The Labute approximate surface area is 196 Å². The molecule has 1 saturated heterocycles. The number of hydrogen-bond donors (Lipinski definition) is 1. The Kier molecular flexibility index (Phi) is 4.21. The van der Waals surface area contributed by atoms with Crippen LogP contribution in [-0.4, -0.2) is 30.1 Å². The molecule has 6 nitrogen and oxygen atoms in total. The third-order valence-corrected chi connectivity index (χ3v) is 11.6. The molecule has 4 saturated carbocycles. The lowest BCUT2D eigenvalue weighted by atomic mass is 9.39. The molecule has 33 heavy (non-hydrogen) atoms. The van der Waals surface area contributed by atoms with E-state index in [1.165, 1.54) is 0 Å². The first-order chi connectivity index (χ1) is 15.6. The standard InChI is InChI=1S/C27H36N2O4/c1-4-32-19-7-10-24(3)18(6-11-26(24)12-8-20(31)33-26)27(19)14-23(2)9-5-17(30)21-22(29)16(27)13-25(21,23)15-28/h16,18-19H,4-14,29H2,1-3H3/t16?,18?,19-,23?,24?,25?,26?,27?/m1/s1. The topological polar surface area (TPSA) is 102 Å². The van der Waals surface area contributed by atoms with Crippen molar-refractivity contribution in [1.82, 2.24) is 0 Å². The van der Waals surface area contributed by atoms with Gasteiger partial charge in [-0.3, -0.25) is 9.59 Å². The van der Waals surface area contributed by atoms with Crippen molar-refractivity contribution in [3.8, 4) is 6.07 Å². The number of allylic oxidation sites excluding steroid dienone is 2. The van der Waals surface area contributed by atoms with Crippen LogP contribution in [0.3, 0.4) is 0 Å². The summed E-state index contributed by atoms with van der Waals surface area (Å²) >= 11 is 0. The van der Waals surface area contributed by atoms with E-state index >= 15 is 0 Å². The van der Waals surface area contributed by atoms with Crippen LogP contribution in [0.5, 0.6) is 0 Å². The highest BCUT2D eigenvalue weighted by molar-refractivity contribution is 6.00. The largest absolute Gasteiger partial charge is 0.458 e. The van der Waals surface area contributed by atoms with Crippen molar-refractivity contribution in [2.24, 2.45) is 39.2 Å². The summed E-state index contributed by atoms with van der Waals surface area (Å²) in [6, 6.07) is 2.64. The number of carbonyl (C=O) groups is 2. The Morgan fingerprint density at radius 1 is 1.15 bits per heavy atom. The van der Waals surface area contributed by atoms with Gasteiger partial charge in [0.15, 0.2) is 5.78 Å². The second-order valence-electron chi connectivity index (χ2n) is 12.3. The van der Waals surface area contributed by atoms with Crippen molar-refractivity contribution < 1.29 is 19.1 Å². The zero-order chi connectivity index (χ0) is 23.4. The first-order valence-corrected chi connectivity index (χ1v) is 12.9. The third kappa shape index (κ3) is 2.20. The van der Waals surface area contributed by atoms with Gasteiger partial charge in [-0.1, -0.05) is 13.8 Å². The molecule has 2 spiro atoms. The number of nitrogens with two attached hydrogens (primary N) is 1. The smallest absolute Gasteiger partial charge is 0.306 e. The highest BCUT2D eigenvalue weighted by Crippen LogP contribution is 2.79. The van der Waals surface area contributed by atoms with Gasteiger partial charge in [-0.25, -0.2) is 0 Å². The van der Waals surface area contributed by atoms with Crippen LogP contribution < -0.4 is 5.73 Å². The Balaban J connectivity index is 1.56. The lowest BCUT2D eigenvalue weighted by Crippen LogP contribution is -2.64. The van der Waals surface area contributed by atoms with Gasteiger partial charge >= 0.3 is 5.97 Å². The third-order valence-electron chi connectivity index (χ3n) is 11.6. The molecule has 2 bridgehead atoms. The van der Waals surface area contributed by atoms with Gasteiger partial charge in [0.25, 0.3) is 0 Å². The summed E-state index contributed by atoms with van der Waals surface area (Å²) in [5, 5.41) is 10.5. The summed E-state index contributed by atoms with van der Waals surface area (Å²) in [5.41, 5.74) is 6.35. The fraction of sp³-hybridized carbons (Fsp3) is 0.815. The molecule has 2 N–H and O–H groups in total. The number of fused-ring (bicyclic) bond motifs is 5. The fourth-order valence-electron chi connectivity index (χ4n) is 10.2. The molecule has 0 aromatic carbocycles. The van der Waals surface area contributed by atoms with E-state index in [1.54, 1.807) is 0 Å². The molecule has 6 aliphatic rings. The lowest BCUT2D eigenvalue weighted by Gasteiger charge is -2.65. The van der Waals surface area contributed by atoms with Crippen molar-refractivity contribution in [3.05, 3.63) is 11.3 Å². The van der Waals surface area contributed by atoms with Crippen LogP contribution in [0.4, 0.5) is 0 Å². The number of esters is 1. The van der Waals surface area contributed by atoms with Crippen LogP contribution in [0.25, 0.3) is 0 Å². The zero-order valence-electron chi connectivity index (χ0n) is 20.2. The number of ether oxygens (including phenoxy) is 2. The minimum atomic E-state index is -0.775. The maximum atomic E-state index is 13.1. The van der Waals surface area contributed by atoms with Crippen LogP contribution in [0.15, 0.2) is 11.3 Å². The van der Waals surface area contributed by atoms with Crippen molar-refractivity contribution in [2.75, 3.05) is 6.61 Å². The van der Waals surface area contributed by atoms with E-state index in [4.69, 9.17) is 15.2 Å². The number of Topliss-reactive ketones (excluding diaryl/α,β-unsaturated/α-hetero) is 1. The van der Waals surface area contributed by atoms with Crippen molar-refractivity contribution in [2.45, 2.75) is 96.7 Å². The molecule has 178 valence electrons. The van der Waals surface area contributed by atoms with E-state index in [0.29, 0.717) is 37.1 Å². The number of rotatable bonds is 2. The first-order valence-electron chi connectivity index (χ1n) is 12.9. The molecule has 0 radical (unpaired) electrons. The average Bonchev–Trinajstić information content (AvgIpc) is 3.41. The number of hydrogen-bond acceptors (Lipinski definition) is 6. The predicted molar refractivity (Wildman–Crippen MR) is 120 cm³/mol. The molecule has 0 aromatic heterocycles. The number of nitrogens with zero attached hydrogens (tertiary/aromatic N) is 1. The van der Waals surface area contributed by atoms with E-state index in [9.17, 15) is 14.9 Å². The van der Waals surface area contributed by atoms with Crippen molar-refractivity contribution in [3.63, 3.8) is 0 Å². The van der Waals surface area contributed by atoms with Gasteiger partial charge in [-0.2, -0.15) is 5.26 Å². The van der Waals surface area contributed by atoms with E-state index < -0.39 is 11.0 Å². The molecule has 5 aliphatic carbocycles. The van der Waals surface area contributed by atoms with Gasteiger partial charge in [-0.15, -0.1) is 0 Å². The van der Waals surface area contributed by atoms with Crippen LogP contribution in [0, 0.1) is 44.8 Å². The molecule has 1 aliphatic heterocycles. The van der Waals surface area contributed by atoms with Gasteiger partial charge in [0.05, 0.1) is 17.6 Å². The Morgan fingerprint density at radius 2 is 1.94 bits per heavy atom. The maximum Gasteiger partial charge on any atom is 0.306 e. The van der Waals surface area contributed by atoms with Gasteiger partial charge < -0.3 is 15.2 Å². The average molecular weight is 453 g/mol. The zero-order valence-corrected chi connectivity index (χ0v) is 20.2. The molecule has 5 fully saturated rings. The molecule has 0 amide bonds. The molecule has 7 unspecified atom stereocenters. The SMILES string of the molecule is CCO[C@@H]1CCC2(C)C(CCC23CCC(=O)O3)C12CC1(C)CCC(=O)C3=C(N)C2CC31C#N. The quantitative estimate of drug-likeness (QED) is 0.631. The van der Waals surface area contributed by atoms with Gasteiger partial charge in [0, 0.05) is 47.5 Å². The molecule has 8 atom stereocenters. The highest BCUT2D eigenvalue weighted by Gasteiger charge is 2.77. The minimum absolute atomic E-state index is 0.0318. The van der Waals surface area contributed by atoms with Crippen molar-refractivity contribution in [1.29, 1.82) is 5.26 Å². The van der Waals surface area contributed by atoms with Crippen molar-refractivity contribution >= 4 is 11.8 Å². The summed E-state index contributed by atoms with van der Waals surface area (Å²) in [4.78, 5) is 25.4. The minimum Gasteiger partial charge on any atom is -0.458 e.